The fourth-order valence-electron chi connectivity index (χ4n) is 7.79. The number of hydrogen-bond acceptors (Lipinski definition) is 8. The van der Waals surface area contributed by atoms with Gasteiger partial charge in [0.15, 0.2) is 5.82 Å². The Labute approximate surface area is 280 Å². The molecule has 6 heterocycles. The summed E-state index contributed by atoms with van der Waals surface area (Å²) in [7, 11) is 1.72. The molecule has 2 aromatic carbocycles. The van der Waals surface area contributed by atoms with Gasteiger partial charge in [-0.25, -0.2) is 14.4 Å². The average Bonchev–Trinajstić information content (AvgIpc) is 3.95. The molecule has 3 aliphatic rings. The van der Waals surface area contributed by atoms with Crippen molar-refractivity contribution in [3.63, 3.8) is 0 Å². The fourth-order valence-corrected chi connectivity index (χ4v) is 8.95. The van der Waals surface area contributed by atoms with Crippen LogP contribution in [-0.4, -0.2) is 49.6 Å². The Bertz CT molecular complexity index is 2200. The van der Waals surface area contributed by atoms with Gasteiger partial charge in [-0.3, -0.25) is 14.9 Å². The van der Waals surface area contributed by atoms with E-state index in [-0.39, 0.29) is 23.8 Å². The first-order valence-corrected chi connectivity index (χ1v) is 17.2. The van der Waals surface area contributed by atoms with Crippen LogP contribution in [0.15, 0.2) is 67.1 Å². The van der Waals surface area contributed by atoms with Gasteiger partial charge in [-0.1, -0.05) is 24.3 Å². The molecule has 0 spiro atoms. The smallest absolute Gasteiger partial charge is 0.257 e. The van der Waals surface area contributed by atoms with E-state index in [2.05, 4.69) is 32.6 Å². The molecule has 4 aromatic heterocycles. The molecule has 9 nitrogen and oxygen atoms in total. The molecule has 2 aliphatic heterocycles. The molecular weight excluding hydrogens is 626 g/mol. The number of thiophene rings is 1. The van der Waals surface area contributed by atoms with Crippen LogP contribution in [0.25, 0.3) is 31.9 Å². The first-order valence-electron chi connectivity index (χ1n) is 16.4. The zero-order valence-corrected chi connectivity index (χ0v) is 27.1. The first kappa shape index (κ1) is 29.0. The highest BCUT2D eigenvalue weighted by atomic mass is 32.1. The van der Waals surface area contributed by atoms with Crippen LogP contribution in [0.4, 0.5) is 10.2 Å². The van der Waals surface area contributed by atoms with Gasteiger partial charge >= 0.3 is 0 Å². The van der Waals surface area contributed by atoms with Gasteiger partial charge in [0.1, 0.15) is 23.7 Å². The summed E-state index contributed by atoms with van der Waals surface area (Å²) in [5.41, 5.74) is 7.46. The number of hydrogen-bond donors (Lipinski definition) is 2. The van der Waals surface area contributed by atoms with Crippen molar-refractivity contribution in [1.29, 1.82) is 0 Å². The lowest BCUT2D eigenvalue weighted by atomic mass is 9.92. The number of benzene rings is 2. The fraction of sp³-hybridized carbons (Fsp3) is 0.270. The number of aromatic amines is 1. The van der Waals surface area contributed by atoms with Crippen molar-refractivity contribution in [3.8, 4) is 27.6 Å². The Balaban J connectivity index is 1.19. The Kier molecular flexibility index (Phi) is 6.96. The number of nitrogens with zero attached hydrogens (tertiary/aromatic N) is 5. The van der Waals surface area contributed by atoms with E-state index in [1.54, 1.807) is 18.4 Å². The van der Waals surface area contributed by atoms with Crippen molar-refractivity contribution in [2.45, 2.75) is 50.6 Å². The SMILES string of the molecule is COc1cccc2c1CC[C@H]2Nc1nccc2cc(-c3c4c(nc(CCc5ccc(F)cc5)c3-c3ncn[nH]3)[C@H]3CCCN3C4=O)sc12. The largest absolute Gasteiger partial charge is 0.496 e. The molecule has 0 bridgehead atoms. The molecule has 0 radical (unpaired) electrons. The second-order valence-corrected chi connectivity index (χ2v) is 13.7. The summed E-state index contributed by atoms with van der Waals surface area (Å²) < 4.78 is 20.4. The molecule has 11 heteroatoms. The quantitative estimate of drug-likeness (QED) is 0.175. The molecule has 2 atom stereocenters. The van der Waals surface area contributed by atoms with Gasteiger partial charge in [0.25, 0.3) is 5.91 Å². The zero-order chi connectivity index (χ0) is 32.4. The van der Waals surface area contributed by atoms with E-state index in [1.165, 1.54) is 29.6 Å². The molecule has 0 unspecified atom stereocenters. The molecule has 1 fully saturated rings. The molecule has 9 rings (SSSR count). The highest BCUT2D eigenvalue weighted by Gasteiger charge is 2.44. The van der Waals surface area contributed by atoms with E-state index in [0.29, 0.717) is 24.2 Å². The molecular formula is C37H32FN7O2S. The summed E-state index contributed by atoms with van der Waals surface area (Å²) in [5.74, 6) is 2.07. The third-order valence-corrected chi connectivity index (χ3v) is 11.2. The molecule has 6 aromatic rings. The van der Waals surface area contributed by atoms with Gasteiger partial charge < -0.3 is 15.0 Å². The van der Waals surface area contributed by atoms with Crippen LogP contribution < -0.4 is 10.1 Å². The maximum atomic E-state index is 14.2. The van der Waals surface area contributed by atoms with Crippen molar-refractivity contribution in [2.24, 2.45) is 0 Å². The minimum absolute atomic E-state index is 0.0197. The minimum Gasteiger partial charge on any atom is -0.496 e. The Morgan fingerprint density at radius 3 is 2.79 bits per heavy atom. The number of aromatic nitrogens is 5. The van der Waals surface area contributed by atoms with Crippen LogP contribution in [0, 0.1) is 5.82 Å². The van der Waals surface area contributed by atoms with Gasteiger partial charge in [-0.05, 0) is 90.9 Å². The zero-order valence-electron chi connectivity index (χ0n) is 26.3. The summed E-state index contributed by atoms with van der Waals surface area (Å²) in [6.45, 7) is 0.722. The van der Waals surface area contributed by atoms with E-state index >= 15 is 0 Å². The number of anilines is 1. The summed E-state index contributed by atoms with van der Waals surface area (Å²) in [5, 5.41) is 12.1. The van der Waals surface area contributed by atoms with E-state index in [9.17, 15) is 9.18 Å². The third-order valence-electron chi connectivity index (χ3n) is 10.00. The maximum Gasteiger partial charge on any atom is 0.257 e. The van der Waals surface area contributed by atoms with Gasteiger partial charge in [-0.15, -0.1) is 11.3 Å². The average molecular weight is 658 g/mol. The number of pyridine rings is 2. The Morgan fingerprint density at radius 1 is 1.06 bits per heavy atom. The number of amides is 1. The number of ether oxygens (including phenoxy) is 1. The highest BCUT2D eigenvalue weighted by molar-refractivity contribution is 7.23. The van der Waals surface area contributed by atoms with Crippen LogP contribution >= 0.6 is 11.3 Å². The summed E-state index contributed by atoms with van der Waals surface area (Å²) in [4.78, 5) is 31.7. The number of H-pyrrole nitrogens is 1. The molecule has 48 heavy (non-hydrogen) atoms. The topological polar surface area (TPSA) is 109 Å². The molecule has 0 saturated carbocycles. The molecule has 2 N–H and O–H groups in total. The highest BCUT2D eigenvalue weighted by Crippen LogP contribution is 2.50. The van der Waals surface area contributed by atoms with Gasteiger partial charge in [0, 0.05) is 28.7 Å². The Morgan fingerprint density at radius 2 is 1.96 bits per heavy atom. The number of rotatable bonds is 8. The molecule has 1 aliphatic carbocycles. The number of fused-ring (bicyclic) bond motifs is 5. The van der Waals surface area contributed by atoms with Crippen LogP contribution in [0.2, 0.25) is 0 Å². The van der Waals surface area contributed by atoms with Crippen molar-refractivity contribution >= 4 is 33.1 Å². The van der Waals surface area contributed by atoms with Crippen LogP contribution in [0.1, 0.15) is 69.8 Å². The van der Waals surface area contributed by atoms with Gasteiger partial charge in [0.2, 0.25) is 0 Å². The lowest BCUT2D eigenvalue weighted by molar-refractivity contribution is 0.0776. The number of aryl methyl sites for hydroxylation is 2. The normalized spacial score (nSPS) is 18.0. The molecule has 1 amide bonds. The predicted molar refractivity (Wildman–Crippen MR) is 183 cm³/mol. The van der Waals surface area contributed by atoms with E-state index in [1.807, 2.05) is 41.4 Å². The van der Waals surface area contributed by atoms with Crippen molar-refractivity contribution in [1.82, 2.24) is 30.0 Å². The second-order valence-electron chi connectivity index (χ2n) is 12.6. The lowest BCUT2D eigenvalue weighted by Gasteiger charge is -2.17. The maximum absolute atomic E-state index is 14.2. The number of halogens is 1. The van der Waals surface area contributed by atoms with Gasteiger partial charge in [0.05, 0.1) is 40.8 Å². The van der Waals surface area contributed by atoms with E-state index in [4.69, 9.17) is 14.7 Å². The first-order chi connectivity index (χ1) is 23.6. The van der Waals surface area contributed by atoms with Crippen LogP contribution in [-0.2, 0) is 19.3 Å². The summed E-state index contributed by atoms with van der Waals surface area (Å²) in [6, 6.07) is 17.1. The summed E-state index contributed by atoms with van der Waals surface area (Å²) >= 11 is 1.63. The van der Waals surface area contributed by atoms with Crippen LogP contribution in [0.5, 0.6) is 5.75 Å². The summed E-state index contributed by atoms with van der Waals surface area (Å²) in [6.07, 6.45) is 8.31. The number of methoxy groups -OCH3 is 1. The Hall–Kier alpha value is -5.16. The standard InChI is InChI=1S/C37H32FN7O2S/c1-47-28-6-2-4-23-24(28)12-14-25(23)43-36-34-21(15-16-39-36)18-29(48-34)31-30(35-40-19-41-44-35)26(13-9-20-7-10-22(38)11-8-20)42-33-27-5-3-17-45(27)37(46)32(31)33/h2,4,6-8,10-11,15-16,18-19,25,27H,3,5,9,12-14,17H2,1H3,(H,39,43)(H,40,41,44)/t25-,27-/m1/s1. The number of nitrogens with one attached hydrogen (secondary N) is 2. The lowest BCUT2D eigenvalue weighted by Crippen LogP contribution is -2.22. The second kappa shape index (κ2) is 11.5. The third kappa shape index (κ3) is 4.67. The van der Waals surface area contributed by atoms with Gasteiger partial charge in [-0.2, -0.15) is 5.10 Å². The molecule has 1 saturated heterocycles. The monoisotopic (exact) mass is 657 g/mol. The number of carbonyl (C=O) groups excluding carboxylic acids is 1. The minimum atomic E-state index is -0.260. The predicted octanol–water partition coefficient (Wildman–Crippen LogP) is 7.47. The van der Waals surface area contributed by atoms with Crippen molar-refractivity contribution in [2.75, 3.05) is 19.0 Å². The van der Waals surface area contributed by atoms with E-state index in [0.717, 1.165) is 86.8 Å². The van der Waals surface area contributed by atoms with Crippen molar-refractivity contribution in [3.05, 3.63) is 107 Å². The van der Waals surface area contributed by atoms with E-state index < -0.39 is 0 Å². The van der Waals surface area contributed by atoms with Crippen molar-refractivity contribution < 1.29 is 13.9 Å². The molecule has 240 valence electrons. The number of carbonyl (C=O) groups is 1. The van der Waals surface area contributed by atoms with Crippen LogP contribution in [0.3, 0.4) is 0 Å².